The summed E-state index contributed by atoms with van der Waals surface area (Å²) in [5.74, 6) is -0.857. The highest BCUT2D eigenvalue weighted by Gasteiger charge is 2.22. The summed E-state index contributed by atoms with van der Waals surface area (Å²) in [6.45, 7) is 5.45. The van der Waals surface area contributed by atoms with Crippen molar-refractivity contribution < 1.29 is 14.3 Å². The number of aryl methyl sites for hydroxylation is 1. The second kappa shape index (κ2) is 8.33. The van der Waals surface area contributed by atoms with E-state index >= 15 is 0 Å². The molecule has 0 fully saturated rings. The van der Waals surface area contributed by atoms with E-state index in [2.05, 4.69) is 15.5 Å². The summed E-state index contributed by atoms with van der Waals surface area (Å²) in [6, 6.07) is 7.75. The van der Waals surface area contributed by atoms with Gasteiger partial charge in [0.15, 0.2) is 0 Å². The van der Waals surface area contributed by atoms with Gasteiger partial charge in [-0.2, -0.15) is 5.10 Å². The predicted octanol–water partition coefficient (Wildman–Crippen LogP) is 2.64. The smallest absolute Gasteiger partial charge is 0.340 e. The van der Waals surface area contributed by atoms with Crippen LogP contribution in [0.5, 0.6) is 0 Å². The molecule has 0 spiro atoms. The number of H-pyrrole nitrogens is 1. The second-order valence-electron chi connectivity index (χ2n) is 6.03. The van der Waals surface area contributed by atoms with Crippen LogP contribution in [0.25, 0.3) is 0 Å². The molecule has 0 unspecified atom stereocenters. The van der Waals surface area contributed by atoms with E-state index in [1.54, 1.807) is 27.0 Å². The summed E-state index contributed by atoms with van der Waals surface area (Å²) in [4.78, 5) is 29.2. The Kier molecular flexibility index (Phi) is 6.16. The predicted molar refractivity (Wildman–Crippen MR) is 102 cm³/mol. The molecule has 26 heavy (non-hydrogen) atoms. The lowest BCUT2D eigenvalue weighted by Crippen LogP contribution is -2.19. The van der Waals surface area contributed by atoms with E-state index < -0.39 is 11.9 Å². The van der Waals surface area contributed by atoms with Crippen molar-refractivity contribution in [1.29, 1.82) is 0 Å². The fourth-order valence-electron chi connectivity index (χ4n) is 2.57. The van der Waals surface area contributed by atoms with Gasteiger partial charge in [0.2, 0.25) is 0 Å². The molecule has 1 aromatic carbocycles. The van der Waals surface area contributed by atoms with Crippen LogP contribution in [0.1, 0.15) is 44.6 Å². The van der Waals surface area contributed by atoms with Crippen molar-refractivity contribution in [1.82, 2.24) is 10.4 Å². The quantitative estimate of drug-likeness (QED) is 0.473. The van der Waals surface area contributed by atoms with Gasteiger partial charge in [-0.3, -0.25) is 4.79 Å². The van der Waals surface area contributed by atoms with Crippen LogP contribution in [0.3, 0.4) is 0 Å². The summed E-state index contributed by atoms with van der Waals surface area (Å²) >= 11 is 0. The number of anilines is 1. The van der Waals surface area contributed by atoms with Gasteiger partial charge < -0.3 is 14.6 Å². The highest BCUT2D eigenvalue weighted by atomic mass is 16.5. The maximum absolute atomic E-state index is 12.3. The maximum atomic E-state index is 12.3. The third kappa shape index (κ3) is 4.30. The molecule has 0 atom stereocenters. The molecule has 1 amide bonds. The summed E-state index contributed by atoms with van der Waals surface area (Å²) in [7, 11) is 3.93. The first kappa shape index (κ1) is 19.2. The van der Waals surface area contributed by atoms with Gasteiger partial charge in [-0.15, -0.1) is 0 Å². The van der Waals surface area contributed by atoms with Crippen LogP contribution in [0.2, 0.25) is 0 Å². The van der Waals surface area contributed by atoms with Crippen molar-refractivity contribution in [3.8, 4) is 0 Å². The molecule has 1 aromatic heterocycles. The number of nitrogens with zero attached hydrogens (tertiary/aromatic N) is 2. The van der Waals surface area contributed by atoms with E-state index in [9.17, 15) is 9.59 Å². The Balaban J connectivity index is 2.08. The first-order valence-electron chi connectivity index (χ1n) is 8.32. The molecule has 0 radical (unpaired) electrons. The molecular formula is C19H24N4O3. The molecule has 2 rings (SSSR count). The van der Waals surface area contributed by atoms with E-state index in [1.165, 1.54) is 0 Å². The van der Waals surface area contributed by atoms with Crippen molar-refractivity contribution in [3.63, 3.8) is 0 Å². The Morgan fingerprint density at radius 3 is 2.46 bits per heavy atom. The first-order chi connectivity index (χ1) is 12.3. The Morgan fingerprint density at radius 2 is 1.88 bits per heavy atom. The lowest BCUT2D eigenvalue weighted by atomic mass is 10.1. The zero-order valence-corrected chi connectivity index (χ0v) is 15.7. The SMILES string of the molecule is CCOC(=O)c1c(C)[nH]c(C(=O)N/N=C\c2ccc(N(C)C)cc2)c1C. The van der Waals surface area contributed by atoms with Crippen molar-refractivity contribution in [2.45, 2.75) is 20.8 Å². The number of esters is 1. The number of nitrogens with one attached hydrogen (secondary N) is 2. The number of carbonyl (C=O) groups is 2. The van der Waals surface area contributed by atoms with Crippen molar-refractivity contribution in [2.24, 2.45) is 5.10 Å². The molecule has 2 aromatic rings. The van der Waals surface area contributed by atoms with Crippen LogP contribution in [-0.2, 0) is 4.74 Å². The van der Waals surface area contributed by atoms with Crippen molar-refractivity contribution in [2.75, 3.05) is 25.6 Å². The molecule has 138 valence electrons. The van der Waals surface area contributed by atoms with Gasteiger partial charge in [-0.25, -0.2) is 10.2 Å². The van der Waals surface area contributed by atoms with Crippen LogP contribution in [-0.4, -0.2) is 43.8 Å². The molecule has 0 aliphatic rings. The fraction of sp³-hybridized carbons (Fsp3) is 0.316. The molecule has 0 aliphatic carbocycles. The van der Waals surface area contributed by atoms with Crippen LogP contribution in [0.15, 0.2) is 29.4 Å². The number of ether oxygens (including phenoxy) is 1. The van der Waals surface area contributed by atoms with E-state index in [0.29, 0.717) is 22.5 Å². The summed E-state index contributed by atoms with van der Waals surface area (Å²) < 4.78 is 5.02. The minimum absolute atomic E-state index is 0.279. The van der Waals surface area contributed by atoms with Gasteiger partial charge in [0, 0.05) is 25.5 Å². The Hall–Kier alpha value is -3.09. The number of aromatic amines is 1. The van der Waals surface area contributed by atoms with Crippen LogP contribution in [0.4, 0.5) is 5.69 Å². The topological polar surface area (TPSA) is 86.8 Å². The average molecular weight is 356 g/mol. The zero-order valence-electron chi connectivity index (χ0n) is 15.7. The number of benzene rings is 1. The lowest BCUT2D eigenvalue weighted by molar-refractivity contribution is 0.0525. The molecule has 0 aliphatic heterocycles. The van der Waals surface area contributed by atoms with Crippen LogP contribution < -0.4 is 10.3 Å². The third-order valence-electron chi connectivity index (χ3n) is 3.93. The monoisotopic (exact) mass is 356 g/mol. The average Bonchev–Trinajstić information content (AvgIpc) is 2.90. The van der Waals surface area contributed by atoms with Gasteiger partial charge in [0.25, 0.3) is 5.91 Å². The first-order valence-corrected chi connectivity index (χ1v) is 8.32. The van der Waals surface area contributed by atoms with Gasteiger partial charge in [-0.1, -0.05) is 12.1 Å². The molecule has 2 N–H and O–H groups in total. The minimum atomic E-state index is -0.442. The second-order valence-corrected chi connectivity index (χ2v) is 6.03. The molecule has 7 heteroatoms. The molecule has 0 bridgehead atoms. The van der Waals surface area contributed by atoms with Gasteiger partial charge in [0.1, 0.15) is 5.69 Å². The molecule has 1 heterocycles. The number of rotatable bonds is 6. The van der Waals surface area contributed by atoms with E-state index in [1.807, 2.05) is 43.3 Å². The highest BCUT2D eigenvalue weighted by Crippen LogP contribution is 2.19. The number of aromatic nitrogens is 1. The highest BCUT2D eigenvalue weighted by molar-refractivity contribution is 6.00. The third-order valence-corrected chi connectivity index (χ3v) is 3.93. The fourth-order valence-corrected chi connectivity index (χ4v) is 2.57. The summed E-state index contributed by atoms with van der Waals surface area (Å²) in [6.07, 6.45) is 1.56. The lowest BCUT2D eigenvalue weighted by Gasteiger charge is -2.11. The number of amides is 1. The Labute approximate surface area is 153 Å². The van der Waals surface area contributed by atoms with E-state index in [-0.39, 0.29) is 6.61 Å². The molecule has 0 saturated heterocycles. The molecular weight excluding hydrogens is 332 g/mol. The molecule has 7 nitrogen and oxygen atoms in total. The normalized spacial score (nSPS) is 10.8. The number of hydrogen-bond acceptors (Lipinski definition) is 5. The van der Waals surface area contributed by atoms with E-state index in [0.717, 1.165) is 11.3 Å². The van der Waals surface area contributed by atoms with Crippen molar-refractivity contribution in [3.05, 3.63) is 52.3 Å². The van der Waals surface area contributed by atoms with E-state index in [4.69, 9.17) is 4.74 Å². The standard InChI is InChI=1S/C19H24N4O3/c1-6-26-19(25)16-12(2)17(21-13(16)3)18(24)22-20-11-14-7-9-15(10-8-14)23(4)5/h7-11,21H,6H2,1-5H3,(H,22,24)/b20-11-. The summed E-state index contributed by atoms with van der Waals surface area (Å²) in [5.41, 5.74) is 6.24. The van der Waals surface area contributed by atoms with Crippen LogP contribution >= 0.6 is 0 Å². The minimum Gasteiger partial charge on any atom is -0.462 e. The zero-order chi connectivity index (χ0) is 19.3. The number of carbonyl (C=O) groups excluding carboxylic acids is 2. The summed E-state index contributed by atoms with van der Waals surface area (Å²) in [5, 5.41) is 3.98. The van der Waals surface area contributed by atoms with Gasteiger partial charge >= 0.3 is 5.97 Å². The van der Waals surface area contributed by atoms with Gasteiger partial charge in [-0.05, 0) is 44.0 Å². The van der Waals surface area contributed by atoms with Gasteiger partial charge in [0.05, 0.1) is 18.4 Å². The number of hydrazone groups is 1. The Bertz CT molecular complexity index is 820. The van der Waals surface area contributed by atoms with Crippen LogP contribution in [0, 0.1) is 13.8 Å². The molecule has 0 saturated carbocycles. The number of hydrogen-bond donors (Lipinski definition) is 2. The largest absolute Gasteiger partial charge is 0.462 e. The van der Waals surface area contributed by atoms with Crippen molar-refractivity contribution >= 4 is 23.8 Å². The maximum Gasteiger partial charge on any atom is 0.340 e. The Morgan fingerprint density at radius 1 is 1.23 bits per heavy atom.